The summed E-state index contributed by atoms with van der Waals surface area (Å²) in [6.45, 7) is 5.50. The Morgan fingerprint density at radius 1 is 1.53 bits per heavy atom. The van der Waals surface area contributed by atoms with Crippen molar-refractivity contribution in [2.24, 2.45) is 0 Å². The van der Waals surface area contributed by atoms with E-state index in [1.807, 2.05) is 25.6 Å². The van der Waals surface area contributed by atoms with E-state index in [2.05, 4.69) is 5.32 Å². The fourth-order valence-electron chi connectivity index (χ4n) is 2.53. The van der Waals surface area contributed by atoms with Crippen LogP contribution in [-0.2, 0) is 9.53 Å². The van der Waals surface area contributed by atoms with Crippen LogP contribution in [0.1, 0.15) is 46.0 Å². The Hall–Kier alpha value is -0.260. The molecule has 1 rings (SSSR count). The Morgan fingerprint density at radius 3 is 2.84 bits per heavy atom. The molecule has 1 aliphatic rings. The number of rotatable bonds is 10. The minimum atomic E-state index is -0.737. The third-order valence-corrected chi connectivity index (χ3v) is 4.93. The molecule has 2 unspecified atom stereocenters. The number of nitrogens with one attached hydrogen (secondary N) is 1. The number of hydrogen-bond acceptors (Lipinski definition) is 4. The molecule has 0 saturated carbocycles. The van der Waals surface area contributed by atoms with E-state index in [4.69, 9.17) is 4.74 Å². The van der Waals surface area contributed by atoms with E-state index in [9.17, 15) is 9.90 Å². The van der Waals surface area contributed by atoms with Gasteiger partial charge in [0, 0.05) is 12.4 Å². The zero-order valence-electron chi connectivity index (χ0n) is 12.1. The van der Waals surface area contributed by atoms with Gasteiger partial charge in [0.1, 0.15) is 5.54 Å². The molecular weight excluding hydrogens is 262 g/mol. The normalized spacial score (nSPS) is 22.3. The van der Waals surface area contributed by atoms with Crippen molar-refractivity contribution in [1.29, 1.82) is 0 Å². The standard InChI is InChI=1S/C14H27NO3S/c1-3-14(13(16)17,15-4-2)8-6-10-19-11-12-7-5-9-18-12/h12,15H,3-11H2,1-2H3,(H,16,17). The van der Waals surface area contributed by atoms with Crippen molar-refractivity contribution < 1.29 is 14.6 Å². The van der Waals surface area contributed by atoms with Gasteiger partial charge in [-0.15, -0.1) is 0 Å². The molecule has 0 spiro atoms. The molecule has 0 aromatic carbocycles. The van der Waals surface area contributed by atoms with Crippen LogP contribution in [0.2, 0.25) is 0 Å². The van der Waals surface area contributed by atoms with E-state index < -0.39 is 11.5 Å². The Balaban J connectivity index is 2.21. The summed E-state index contributed by atoms with van der Waals surface area (Å²) in [6, 6.07) is 0. The van der Waals surface area contributed by atoms with Crippen molar-refractivity contribution in [3.05, 3.63) is 0 Å². The minimum Gasteiger partial charge on any atom is -0.480 e. The third-order valence-electron chi connectivity index (χ3n) is 3.75. The molecule has 112 valence electrons. The van der Waals surface area contributed by atoms with Crippen LogP contribution in [0.3, 0.4) is 0 Å². The van der Waals surface area contributed by atoms with Gasteiger partial charge < -0.3 is 15.2 Å². The van der Waals surface area contributed by atoms with Crippen LogP contribution in [0.15, 0.2) is 0 Å². The van der Waals surface area contributed by atoms with Crippen LogP contribution in [0.5, 0.6) is 0 Å². The fraction of sp³-hybridized carbons (Fsp3) is 0.929. The molecule has 0 radical (unpaired) electrons. The Bertz CT molecular complexity index is 269. The maximum absolute atomic E-state index is 11.4. The van der Waals surface area contributed by atoms with Crippen molar-refractivity contribution in [2.45, 2.75) is 57.6 Å². The first-order valence-electron chi connectivity index (χ1n) is 7.32. The minimum absolute atomic E-state index is 0.425. The first kappa shape index (κ1) is 16.8. The van der Waals surface area contributed by atoms with Crippen molar-refractivity contribution in [1.82, 2.24) is 5.32 Å². The quantitative estimate of drug-likeness (QED) is 0.605. The molecule has 19 heavy (non-hydrogen) atoms. The first-order chi connectivity index (χ1) is 9.14. The number of carbonyl (C=O) groups is 1. The molecule has 4 nitrogen and oxygen atoms in total. The van der Waals surface area contributed by atoms with Gasteiger partial charge in [0.15, 0.2) is 0 Å². The maximum Gasteiger partial charge on any atom is 0.323 e. The van der Waals surface area contributed by atoms with Crippen molar-refractivity contribution >= 4 is 17.7 Å². The molecule has 1 fully saturated rings. The second kappa shape index (κ2) is 8.82. The van der Waals surface area contributed by atoms with Crippen LogP contribution in [0, 0.1) is 0 Å². The highest BCUT2D eigenvalue weighted by molar-refractivity contribution is 7.99. The molecule has 0 aromatic heterocycles. The zero-order chi connectivity index (χ0) is 14.1. The number of ether oxygens (including phenoxy) is 1. The molecule has 0 aromatic rings. The molecule has 1 aliphatic heterocycles. The molecule has 1 saturated heterocycles. The number of carboxylic acid groups (broad SMARTS) is 1. The van der Waals surface area contributed by atoms with E-state index in [0.29, 0.717) is 25.5 Å². The molecule has 1 heterocycles. The highest BCUT2D eigenvalue weighted by Crippen LogP contribution is 2.22. The summed E-state index contributed by atoms with van der Waals surface area (Å²) in [5.74, 6) is 1.34. The van der Waals surface area contributed by atoms with Gasteiger partial charge in [0.2, 0.25) is 0 Å². The van der Waals surface area contributed by atoms with E-state index >= 15 is 0 Å². The summed E-state index contributed by atoms with van der Waals surface area (Å²) in [5, 5.41) is 12.5. The second-order valence-electron chi connectivity index (χ2n) is 5.08. The molecular formula is C14H27NO3S. The van der Waals surface area contributed by atoms with Gasteiger partial charge in [-0.25, -0.2) is 0 Å². The first-order valence-corrected chi connectivity index (χ1v) is 8.48. The van der Waals surface area contributed by atoms with Gasteiger partial charge in [-0.05, 0) is 44.4 Å². The van der Waals surface area contributed by atoms with E-state index in [1.165, 1.54) is 12.8 Å². The van der Waals surface area contributed by atoms with Crippen LogP contribution in [0.4, 0.5) is 0 Å². The van der Waals surface area contributed by atoms with Crippen LogP contribution in [0.25, 0.3) is 0 Å². The number of hydrogen-bond donors (Lipinski definition) is 2. The van der Waals surface area contributed by atoms with E-state index in [-0.39, 0.29) is 0 Å². The molecule has 0 bridgehead atoms. The fourth-order valence-corrected chi connectivity index (χ4v) is 3.57. The summed E-state index contributed by atoms with van der Waals surface area (Å²) in [4.78, 5) is 11.4. The lowest BCUT2D eigenvalue weighted by Crippen LogP contribution is -2.51. The number of likely N-dealkylation sites (N-methyl/N-ethyl adjacent to an activating group) is 1. The Labute approximate surface area is 120 Å². The summed E-state index contributed by atoms with van der Waals surface area (Å²) in [7, 11) is 0. The van der Waals surface area contributed by atoms with E-state index in [1.54, 1.807) is 0 Å². The Morgan fingerprint density at radius 2 is 2.32 bits per heavy atom. The summed E-state index contributed by atoms with van der Waals surface area (Å²) >= 11 is 1.89. The van der Waals surface area contributed by atoms with Gasteiger partial charge >= 0.3 is 5.97 Å². The lowest BCUT2D eigenvalue weighted by Gasteiger charge is -2.29. The molecule has 2 N–H and O–H groups in total. The average molecular weight is 289 g/mol. The van der Waals surface area contributed by atoms with Gasteiger partial charge in [0.05, 0.1) is 6.10 Å². The van der Waals surface area contributed by atoms with Gasteiger partial charge in [0.25, 0.3) is 0 Å². The van der Waals surface area contributed by atoms with Gasteiger partial charge in [-0.3, -0.25) is 4.79 Å². The summed E-state index contributed by atoms with van der Waals surface area (Å²) in [5.41, 5.74) is -0.737. The number of aliphatic carboxylic acids is 1. The van der Waals surface area contributed by atoms with Crippen molar-refractivity contribution in [2.75, 3.05) is 24.7 Å². The van der Waals surface area contributed by atoms with E-state index in [0.717, 1.165) is 24.5 Å². The smallest absolute Gasteiger partial charge is 0.323 e. The predicted molar refractivity (Wildman–Crippen MR) is 79.9 cm³/mol. The highest BCUT2D eigenvalue weighted by Gasteiger charge is 2.34. The third kappa shape index (κ3) is 5.32. The molecule has 0 aliphatic carbocycles. The topological polar surface area (TPSA) is 58.6 Å². The predicted octanol–water partition coefficient (Wildman–Crippen LogP) is 2.52. The largest absolute Gasteiger partial charge is 0.480 e. The lowest BCUT2D eigenvalue weighted by molar-refractivity contribution is -0.145. The van der Waals surface area contributed by atoms with Gasteiger partial charge in [-0.2, -0.15) is 11.8 Å². The lowest BCUT2D eigenvalue weighted by atomic mass is 9.91. The average Bonchev–Trinajstić information content (AvgIpc) is 2.90. The molecule has 0 amide bonds. The van der Waals surface area contributed by atoms with Crippen LogP contribution >= 0.6 is 11.8 Å². The van der Waals surface area contributed by atoms with Crippen LogP contribution in [-0.4, -0.2) is 47.4 Å². The number of carboxylic acids is 1. The number of thioether (sulfide) groups is 1. The Kier molecular flexibility index (Phi) is 7.80. The van der Waals surface area contributed by atoms with Crippen molar-refractivity contribution in [3.8, 4) is 0 Å². The summed E-state index contributed by atoms with van der Waals surface area (Å²) in [6.07, 6.45) is 5.05. The zero-order valence-corrected chi connectivity index (χ0v) is 12.9. The SMILES string of the molecule is CCNC(CC)(CCCSCC1CCCO1)C(=O)O. The molecule has 2 atom stereocenters. The highest BCUT2D eigenvalue weighted by atomic mass is 32.2. The monoisotopic (exact) mass is 289 g/mol. The van der Waals surface area contributed by atoms with Crippen LogP contribution < -0.4 is 5.32 Å². The summed E-state index contributed by atoms with van der Waals surface area (Å²) < 4.78 is 5.57. The molecule has 5 heteroatoms. The maximum atomic E-state index is 11.4. The van der Waals surface area contributed by atoms with Gasteiger partial charge in [-0.1, -0.05) is 13.8 Å². The van der Waals surface area contributed by atoms with Crippen molar-refractivity contribution in [3.63, 3.8) is 0 Å². The second-order valence-corrected chi connectivity index (χ2v) is 6.23.